The van der Waals surface area contributed by atoms with Crippen LogP contribution >= 0.6 is 0 Å². The van der Waals surface area contributed by atoms with Gasteiger partial charge in [0, 0.05) is 41.2 Å². The van der Waals surface area contributed by atoms with Crippen LogP contribution in [0.1, 0.15) is 155 Å². The Hall–Kier alpha value is -4.39. The third-order valence-electron chi connectivity index (χ3n) is 22.4. The number of hydrogen-bond donors (Lipinski definition) is 5. The fourth-order valence-corrected chi connectivity index (χ4v) is 19.2. The second-order valence-electron chi connectivity index (χ2n) is 26.3. The molecule has 0 radical (unpaired) electrons. The lowest BCUT2D eigenvalue weighted by atomic mass is 9.30. The van der Waals surface area contributed by atoms with Crippen molar-refractivity contribution in [3.8, 4) is 0 Å². The average molecular weight is 969 g/mol. The molecule has 6 nitrogen and oxygen atoms in total. The number of benzene rings is 2. The summed E-state index contributed by atoms with van der Waals surface area (Å²) >= 11 is 0. The fraction of sp³-hybridized carbons (Fsp3) is 0.591. The number of carboxylic acids is 1. The van der Waals surface area contributed by atoms with E-state index in [-0.39, 0.29) is 39.4 Å². The molecule has 16 rings (SSSR count). The third-order valence-corrected chi connectivity index (χ3v) is 22.4. The minimum Gasteiger partial charge on any atom is -0.481 e. The molecule has 0 saturated heterocycles. The number of allylic oxidation sites excluding steroid dienone is 9. The molecule has 8 aliphatic carbocycles. The molecule has 12 unspecified atom stereocenters. The monoisotopic (exact) mass is 969 g/mol. The van der Waals surface area contributed by atoms with Crippen molar-refractivity contribution in [2.75, 3.05) is 13.1 Å². The summed E-state index contributed by atoms with van der Waals surface area (Å²) in [6.07, 6.45) is 28.8. The van der Waals surface area contributed by atoms with Gasteiger partial charge >= 0.3 is 5.97 Å². The first-order valence-corrected chi connectivity index (χ1v) is 28.8. The molecule has 6 heterocycles. The number of aliphatic carboxylic acids is 1. The first kappa shape index (κ1) is 48.5. The number of fused-ring (bicyclic) bond motifs is 1. The minimum absolute atomic E-state index is 0.129. The maximum Gasteiger partial charge on any atom is 0.306 e. The third kappa shape index (κ3) is 7.23. The number of hydrogen-bond acceptors (Lipinski definition) is 5. The molecular formula is C66H84N2O4. The van der Waals surface area contributed by atoms with E-state index < -0.39 is 29.5 Å². The smallest absolute Gasteiger partial charge is 0.306 e. The lowest BCUT2D eigenvalue weighted by molar-refractivity contribution is -0.164. The van der Waals surface area contributed by atoms with Gasteiger partial charge in [0.05, 0.1) is 23.9 Å². The van der Waals surface area contributed by atoms with E-state index in [0.717, 1.165) is 83.1 Å². The Balaban J connectivity index is 1.06. The molecule has 6 aliphatic heterocycles. The van der Waals surface area contributed by atoms with Gasteiger partial charge in [0.25, 0.3) is 0 Å². The molecule has 6 heteroatoms. The summed E-state index contributed by atoms with van der Waals surface area (Å²) in [5, 5.41) is 46.9. The molecule has 5 N–H and O–H groups in total. The number of nitrogens with one attached hydrogen (secondary N) is 2. The second-order valence-corrected chi connectivity index (χ2v) is 26.3. The Labute approximate surface area is 430 Å². The van der Waals surface area contributed by atoms with Gasteiger partial charge in [-0.05, 0) is 175 Å². The second kappa shape index (κ2) is 17.9. The molecule has 3 saturated carbocycles. The van der Waals surface area contributed by atoms with Gasteiger partial charge in [0.2, 0.25) is 0 Å². The quantitative estimate of drug-likeness (QED) is 0.196. The van der Waals surface area contributed by atoms with E-state index in [0.29, 0.717) is 37.0 Å². The topological polar surface area (TPSA) is 102 Å². The van der Waals surface area contributed by atoms with Crippen LogP contribution in [0.3, 0.4) is 0 Å². The largest absolute Gasteiger partial charge is 0.481 e. The zero-order chi connectivity index (χ0) is 50.0. The molecule has 14 bridgehead atoms. The van der Waals surface area contributed by atoms with Gasteiger partial charge < -0.3 is 26.0 Å². The Kier molecular flexibility index (Phi) is 12.1. The fourth-order valence-electron chi connectivity index (χ4n) is 19.2. The normalized spacial score (nSPS) is 39.5. The highest BCUT2D eigenvalue weighted by Gasteiger charge is 2.75. The Morgan fingerprint density at radius 1 is 0.889 bits per heavy atom. The van der Waals surface area contributed by atoms with E-state index in [1.165, 1.54) is 81.5 Å². The SMILES string of the molecule is C=C1CCC(C(=O)O)C2C(O)CC3(C)C4=C(CCC23C)C23CCC(O)C5(C)CC=C(CC(C)C)C(C=C6C(=c7ccccc7=CC62)Cc2cccc(c2)C2=CC=C(NCCCC1C1CCCCC1)NC2)(C4)C53. The molecule has 0 aromatic heterocycles. The van der Waals surface area contributed by atoms with Crippen molar-refractivity contribution >= 4 is 23.2 Å². The van der Waals surface area contributed by atoms with E-state index in [9.17, 15) is 20.1 Å². The lowest BCUT2D eigenvalue weighted by Crippen LogP contribution is -2.68. The predicted octanol–water partition coefficient (Wildman–Crippen LogP) is 11.9. The number of aliphatic hydroxyl groups excluding tert-OH is 2. The van der Waals surface area contributed by atoms with Gasteiger partial charge in [-0.15, -0.1) is 0 Å². The van der Waals surface area contributed by atoms with Gasteiger partial charge in [0.15, 0.2) is 0 Å². The van der Waals surface area contributed by atoms with Crippen molar-refractivity contribution in [2.45, 2.75) is 162 Å². The van der Waals surface area contributed by atoms with Crippen LogP contribution in [-0.2, 0) is 11.2 Å². The van der Waals surface area contributed by atoms with Crippen LogP contribution in [0, 0.1) is 68.5 Å². The van der Waals surface area contributed by atoms with Crippen LogP contribution in [-0.4, -0.2) is 46.6 Å². The molecule has 14 aliphatic rings. The summed E-state index contributed by atoms with van der Waals surface area (Å²) in [6.45, 7) is 18.6. The van der Waals surface area contributed by atoms with Gasteiger partial charge in [-0.2, -0.15) is 0 Å². The molecular weight excluding hydrogens is 885 g/mol. The van der Waals surface area contributed by atoms with Crippen molar-refractivity contribution in [1.82, 2.24) is 10.6 Å². The summed E-state index contributed by atoms with van der Waals surface area (Å²) in [4.78, 5) is 14.0. The summed E-state index contributed by atoms with van der Waals surface area (Å²) in [5.74, 6) is 1.08. The van der Waals surface area contributed by atoms with Gasteiger partial charge in [0.1, 0.15) is 0 Å². The van der Waals surface area contributed by atoms with E-state index in [4.69, 9.17) is 6.58 Å². The van der Waals surface area contributed by atoms with E-state index in [1.807, 2.05) is 0 Å². The summed E-state index contributed by atoms with van der Waals surface area (Å²) in [5.41, 5.74) is 11.1. The van der Waals surface area contributed by atoms with Crippen LogP contribution in [0.15, 0.2) is 113 Å². The van der Waals surface area contributed by atoms with Crippen LogP contribution in [0.25, 0.3) is 17.2 Å². The minimum atomic E-state index is -0.755. The highest BCUT2D eigenvalue weighted by molar-refractivity contribution is 5.78. The number of dihydropyridines is 1. The maximum atomic E-state index is 14.0. The molecule has 2 aromatic rings. The zero-order valence-corrected chi connectivity index (χ0v) is 44.3. The van der Waals surface area contributed by atoms with E-state index in [2.05, 4.69) is 124 Å². The molecule has 2 aromatic carbocycles. The van der Waals surface area contributed by atoms with Crippen LogP contribution < -0.4 is 21.1 Å². The number of aliphatic hydroxyl groups is 2. The number of carboxylic acid groups (broad SMARTS) is 1. The Bertz CT molecular complexity index is 2860. The zero-order valence-electron chi connectivity index (χ0n) is 44.3. The van der Waals surface area contributed by atoms with Crippen LogP contribution in [0.5, 0.6) is 0 Å². The van der Waals surface area contributed by atoms with Gasteiger partial charge in [-0.3, -0.25) is 4.79 Å². The van der Waals surface area contributed by atoms with Crippen molar-refractivity contribution in [3.05, 3.63) is 135 Å². The maximum absolute atomic E-state index is 14.0. The predicted molar refractivity (Wildman–Crippen MR) is 291 cm³/mol. The summed E-state index contributed by atoms with van der Waals surface area (Å²) < 4.78 is 0. The highest BCUT2D eigenvalue weighted by Crippen LogP contribution is 2.81. The molecule has 0 amide bonds. The van der Waals surface area contributed by atoms with E-state index >= 15 is 0 Å². The van der Waals surface area contributed by atoms with Gasteiger partial charge in [-0.1, -0.05) is 156 Å². The Morgan fingerprint density at radius 2 is 1.71 bits per heavy atom. The van der Waals surface area contributed by atoms with Crippen molar-refractivity contribution in [2.24, 2.45) is 68.5 Å². The summed E-state index contributed by atoms with van der Waals surface area (Å²) in [7, 11) is 0. The molecule has 3 fully saturated rings. The highest BCUT2D eigenvalue weighted by atomic mass is 16.4. The van der Waals surface area contributed by atoms with Gasteiger partial charge in [-0.25, -0.2) is 0 Å². The van der Waals surface area contributed by atoms with Crippen molar-refractivity contribution in [1.29, 1.82) is 0 Å². The number of carbonyl (C=O) groups is 1. The first-order chi connectivity index (χ1) is 34.6. The lowest BCUT2D eigenvalue weighted by Gasteiger charge is -2.73. The van der Waals surface area contributed by atoms with Crippen LogP contribution in [0.2, 0.25) is 0 Å². The summed E-state index contributed by atoms with van der Waals surface area (Å²) in [6, 6.07) is 18.5. The van der Waals surface area contributed by atoms with Crippen molar-refractivity contribution < 1.29 is 20.1 Å². The average Bonchev–Trinajstić information content (AvgIpc) is 3.58. The number of rotatable bonds is 4. The van der Waals surface area contributed by atoms with Crippen LogP contribution in [0.4, 0.5) is 0 Å². The molecule has 2 spiro atoms. The van der Waals surface area contributed by atoms with Crippen molar-refractivity contribution in [3.63, 3.8) is 0 Å². The molecule has 12 atom stereocenters. The standard InChI is InChI=1S/C66H84N2O4/c1-40(2)32-47-25-28-62(4)57(70)27-30-66-53-26-29-63(5)59-50(60(71)72)23-21-41(3)48(43-15-8-7-9-16-43)20-13-31-67-58-24-22-46(39-68-58)44-18-12-14-42(33-44)34-51-49-19-11-10-17-45(49)35-54(66)52(51)36-65(47,61(62)66)37-55(53)64(63,6)38-56(59)69/h10-12,14,17-19,22,24-25,33,35-36,40,43,48,50,54,56-57,59,61,67-70H,3,7-9,13,15-16,20-21,23,26-32,34,37-39H2,1-2,4-6H3,(H,71,72). The Morgan fingerprint density at radius 3 is 2.49 bits per heavy atom. The molecule has 72 heavy (non-hydrogen) atoms. The first-order valence-electron chi connectivity index (χ1n) is 28.8. The van der Waals surface area contributed by atoms with E-state index in [1.54, 1.807) is 11.1 Å². The molecule has 382 valence electrons.